The van der Waals surface area contributed by atoms with Crippen LogP contribution >= 0.6 is 0 Å². The predicted molar refractivity (Wildman–Crippen MR) is 71.6 cm³/mol. The van der Waals surface area contributed by atoms with Crippen LogP contribution in [0.2, 0.25) is 0 Å². The number of carbonyl (C=O) groups excluding carboxylic acids is 1. The third-order valence-corrected chi connectivity index (χ3v) is 4.07. The van der Waals surface area contributed by atoms with E-state index in [4.69, 9.17) is 5.11 Å². The summed E-state index contributed by atoms with van der Waals surface area (Å²) in [4.78, 5) is 24.5. The summed E-state index contributed by atoms with van der Waals surface area (Å²) in [7, 11) is 1.51. The summed E-state index contributed by atoms with van der Waals surface area (Å²) < 4.78 is 0. The molecular weight excluding hydrogens is 232 g/mol. The molecule has 0 atom stereocenters. The predicted octanol–water partition coefficient (Wildman–Crippen LogP) is 2.46. The maximum Gasteiger partial charge on any atom is 0.329 e. The van der Waals surface area contributed by atoms with Gasteiger partial charge in [-0.25, -0.2) is 9.59 Å². The quantitative estimate of drug-likeness (QED) is 0.769. The minimum Gasteiger partial charge on any atom is -0.480 e. The summed E-state index contributed by atoms with van der Waals surface area (Å²) in [6.45, 7) is 9.10. The van der Waals surface area contributed by atoms with Crippen molar-refractivity contribution < 1.29 is 14.7 Å². The number of urea groups is 1. The topological polar surface area (TPSA) is 69.6 Å². The summed E-state index contributed by atoms with van der Waals surface area (Å²) in [6, 6.07) is -0.340. The van der Waals surface area contributed by atoms with Gasteiger partial charge in [0.1, 0.15) is 5.54 Å². The Labute approximate surface area is 110 Å². The van der Waals surface area contributed by atoms with Gasteiger partial charge in [-0.15, -0.1) is 0 Å². The number of nitrogens with zero attached hydrogens (tertiary/aromatic N) is 1. The first-order valence-corrected chi connectivity index (χ1v) is 6.46. The van der Waals surface area contributed by atoms with E-state index in [2.05, 4.69) is 5.32 Å². The van der Waals surface area contributed by atoms with Crippen molar-refractivity contribution in [2.45, 2.75) is 65.0 Å². The maximum absolute atomic E-state index is 12.1. The molecule has 0 aromatic rings. The van der Waals surface area contributed by atoms with Crippen molar-refractivity contribution in [1.29, 1.82) is 0 Å². The van der Waals surface area contributed by atoms with Crippen molar-refractivity contribution in [3.8, 4) is 0 Å². The molecular formula is C13H26N2O3. The van der Waals surface area contributed by atoms with Gasteiger partial charge in [-0.05, 0) is 33.1 Å². The Balaban J connectivity index is 4.92. The van der Waals surface area contributed by atoms with Gasteiger partial charge in [0.25, 0.3) is 0 Å². The molecule has 0 rings (SSSR count). The van der Waals surface area contributed by atoms with Gasteiger partial charge in [-0.2, -0.15) is 0 Å². The maximum atomic E-state index is 12.1. The highest BCUT2D eigenvalue weighted by atomic mass is 16.4. The molecule has 0 bridgehead atoms. The number of carboxylic acid groups (broad SMARTS) is 1. The molecule has 5 heteroatoms. The summed E-state index contributed by atoms with van der Waals surface area (Å²) in [5.74, 6) is -1.02. The van der Waals surface area contributed by atoms with Crippen LogP contribution in [0, 0.1) is 0 Å². The van der Waals surface area contributed by atoms with Gasteiger partial charge in [0.15, 0.2) is 0 Å². The zero-order valence-electron chi connectivity index (χ0n) is 12.3. The van der Waals surface area contributed by atoms with E-state index in [1.165, 1.54) is 25.8 Å². The van der Waals surface area contributed by atoms with Crippen LogP contribution in [0.5, 0.6) is 0 Å². The lowest BCUT2D eigenvalue weighted by Crippen LogP contribution is -2.58. The van der Waals surface area contributed by atoms with Crippen molar-refractivity contribution in [3.63, 3.8) is 0 Å². The lowest BCUT2D eigenvalue weighted by atomic mass is 9.90. The lowest BCUT2D eigenvalue weighted by Gasteiger charge is -2.37. The first kappa shape index (κ1) is 16.7. The van der Waals surface area contributed by atoms with E-state index in [0.717, 1.165) is 19.3 Å². The van der Waals surface area contributed by atoms with Gasteiger partial charge in [0, 0.05) is 12.6 Å². The van der Waals surface area contributed by atoms with E-state index >= 15 is 0 Å². The van der Waals surface area contributed by atoms with Crippen LogP contribution in [0.1, 0.15) is 53.9 Å². The van der Waals surface area contributed by atoms with Crippen LogP contribution in [0.25, 0.3) is 0 Å². The number of hydrogen-bond acceptors (Lipinski definition) is 2. The Morgan fingerprint density at radius 1 is 1.11 bits per heavy atom. The van der Waals surface area contributed by atoms with Crippen molar-refractivity contribution in [2.75, 3.05) is 7.05 Å². The molecule has 0 aliphatic heterocycles. The number of nitrogens with one attached hydrogen (secondary N) is 1. The molecule has 0 spiro atoms. The molecule has 0 saturated heterocycles. The van der Waals surface area contributed by atoms with Crippen LogP contribution in [0.15, 0.2) is 0 Å². The summed E-state index contributed by atoms with van der Waals surface area (Å²) in [5, 5.41) is 12.1. The minimum absolute atomic E-state index is 0.250. The minimum atomic E-state index is -1.22. The van der Waals surface area contributed by atoms with Gasteiger partial charge < -0.3 is 15.3 Å². The van der Waals surface area contributed by atoms with Crippen molar-refractivity contribution in [1.82, 2.24) is 10.2 Å². The fourth-order valence-electron chi connectivity index (χ4n) is 1.72. The second kappa shape index (κ2) is 6.07. The molecule has 0 aliphatic rings. The standard InChI is InChI=1S/C13H26N2O3/c1-7-13(8-2,9-3)14-11(18)15(6)12(4,5)10(16)17/h7-9H2,1-6H3,(H,14,18)(H,16,17). The number of likely N-dealkylation sites (N-methyl/N-ethyl adjacent to an activating group) is 1. The number of carboxylic acids is 1. The van der Waals surface area contributed by atoms with E-state index in [1.54, 1.807) is 0 Å². The van der Waals surface area contributed by atoms with Crippen LogP contribution in [-0.2, 0) is 4.79 Å². The fraction of sp³-hybridized carbons (Fsp3) is 0.846. The SMILES string of the molecule is CCC(CC)(CC)NC(=O)N(C)C(C)(C)C(=O)O. The Morgan fingerprint density at radius 3 is 1.78 bits per heavy atom. The monoisotopic (exact) mass is 258 g/mol. The van der Waals surface area contributed by atoms with E-state index in [1.807, 2.05) is 20.8 Å². The number of hydrogen-bond donors (Lipinski definition) is 2. The molecule has 0 aliphatic carbocycles. The van der Waals surface area contributed by atoms with E-state index in [-0.39, 0.29) is 11.6 Å². The van der Waals surface area contributed by atoms with Gasteiger partial charge in [-0.1, -0.05) is 20.8 Å². The van der Waals surface area contributed by atoms with Gasteiger partial charge in [-0.3, -0.25) is 0 Å². The molecule has 0 aromatic heterocycles. The second-order valence-corrected chi connectivity index (χ2v) is 5.19. The van der Waals surface area contributed by atoms with Crippen LogP contribution < -0.4 is 5.32 Å². The second-order valence-electron chi connectivity index (χ2n) is 5.19. The number of rotatable bonds is 6. The third kappa shape index (κ3) is 3.37. The van der Waals surface area contributed by atoms with Crippen LogP contribution in [0.4, 0.5) is 4.79 Å². The lowest BCUT2D eigenvalue weighted by molar-refractivity contribution is -0.147. The number of carbonyl (C=O) groups is 2. The van der Waals surface area contributed by atoms with Crippen molar-refractivity contribution >= 4 is 12.0 Å². The first-order chi connectivity index (χ1) is 8.16. The number of aliphatic carboxylic acids is 1. The highest BCUT2D eigenvalue weighted by Gasteiger charge is 2.37. The number of amides is 2. The summed E-state index contributed by atoms with van der Waals surface area (Å²) in [5.41, 5.74) is -1.47. The molecule has 2 N–H and O–H groups in total. The highest BCUT2D eigenvalue weighted by molar-refractivity contribution is 5.85. The molecule has 5 nitrogen and oxygen atoms in total. The summed E-state index contributed by atoms with van der Waals surface area (Å²) in [6.07, 6.45) is 2.48. The molecule has 2 amide bonds. The van der Waals surface area contributed by atoms with Gasteiger partial charge in [0.2, 0.25) is 0 Å². The van der Waals surface area contributed by atoms with Crippen molar-refractivity contribution in [2.24, 2.45) is 0 Å². The molecule has 0 unspecified atom stereocenters. The van der Waals surface area contributed by atoms with Gasteiger partial charge >= 0.3 is 12.0 Å². The fourth-order valence-corrected chi connectivity index (χ4v) is 1.72. The molecule has 0 radical (unpaired) electrons. The molecule has 106 valence electrons. The molecule has 0 heterocycles. The van der Waals surface area contributed by atoms with Crippen LogP contribution in [0.3, 0.4) is 0 Å². The van der Waals surface area contributed by atoms with Crippen LogP contribution in [-0.4, -0.2) is 40.1 Å². The molecule has 0 saturated carbocycles. The summed E-state index contributed by atoms with van der Waals surface area (Å²) >= 11 is 0. The normalized spacial score (nSPS) is 12.1. The average molecular weight is 258 g/mol. The Bertz CT molecular complexity index is 301. The molecule has 0 aromatic carbocycles. The smallest absolute Gasteiger partial charge is 0.329 e. The molecule has 0 fully saturated rings. The zero-order chi connectivity index (χ0) is 14.6. The van der Waals surface area contributed by atoms with E-state index in [9.17, 15) is 9.59 Å². The largest absolute Gasteiger partial charge is 0.480 e. The molecule has 18 heavy (non-hydrogen) atoms. The van der Waals surface area contributed by atoms with E-state index in [0.29, 0.717) is 0 Å². The Morgan fingerprint density at radius 2 is 1.50 bits per heavy atom. The van der Waals surface area contributed by atoms with Gasteiger partial charge in [0.05, 0.1) is 0 Å². The zero-order valence-corrected chi connectivity index (χ0v) is 12.3. The Kier molecular flexibility index (Phi) is 5.64. The first-order valence-electron chi connectivity index (χ1n) is 6.46. The van der Waals surface area contributed by atoms with E-state index < -0.39 is 11.5 Å². The third-order valence-electron chi connectivity index (χ3n) is 4.07. The van der Waals surface area contributed by atoms with Crippen molar-refractivity contribution in [3.05, 3.63) is 0 Å². The average Bonchev–Trinajstić information content (AvgIpc) is 2.34. The highest BCUT2D eigenvalue weighted by Crippen LogP contribution is 2.21. The Hall–Kier alpha value is -1.26.